The summed E-state index contributed by atoms with van der Waals surface area (Å²) in [5, 5.41) is 10.0. The monoisotopic (exact) mass is 309 g/mol. The molecule has 23 heavy (non-hydrogen) atoms. The molecule has 0 bridgehead atoms. The summed E-state index contributed by atoms with van der Waals surface area (Å²) in [5.41, 5.74) is 4.48. The highest BCUT2D eigenvalue weighted by atomic mass is 16.5. The Balaban J connectivity index is 1.69. The molecule has 2 aliphatic carbocycles. The van der Waals surface area contributed by atoms with Crippen molar-refractivity contribution >= 4 is 24.6 Å². The number of ketones is 1. The highest BCUT2D eigenvalue weighted by molar-refractivity contribution is 6.52. The number of nitrogens with zero attached hydrogens (tertiary/aromatic N) is 1. The first-order valence-corrected chi connectivity index (χ1v) is 8.39. The van der Waals surface area contributed by atoms with Crippen molar-refractivity contribution in [3.05, 3.63) is 35.1 Å². The molecule has 0 aromatic carbocycles. The minimum absolute atomic E-state index is 0.208. The summed E-state index contributed by atoms with van der Waals surface area (Å²) in [7, 11) is -0.909. The summed E-state index contributed by atoms with van der Waals surface area (Å²) in [6.07, 6.45) is 10.7. The third-order valence-electron chi connectivity index (χ3n) is 5.36. The molecule has 1 N–H and O–H groups in total. The van der Waals surface area contributed by atoms with Crippen LogP contribution in [0, 0.1) is 11.8 Å². The summed E-state index contributed by atoms with van der Waals surface area (Å²) in [5.74, 6) is 3.41. The number of rotatable bonds is 2. The van der Waals surface area contributed by atoms with Crippen molar-refractivity contribution in [1.29, 1.82) is 0 Å². The van der Waals surface area contributed by atoms with Crippen molar-refractivity contribution in [2.45, 2.75) is 39.0 Å². The molecule has 0 radical (unpaired) electrons. The molecule has 0 spiro atoms. The van der Waals surface area contributed by atoms with Gasteiger partial charge in [0.25, 0.3) is 0 Å². The largest absolute Gasteiger partial charge is 0.552 e. The van der Waals surface area contributed by atoms with E-state index in [-0.39, 0.29) is 5.92 Å². The second-order valence-corrected chi connectivity index (χ2v) is 6.75. The van der Waals surface area contributed by atoms with E-state index in [4.69, 9.17) is 4.65 Å². The van der Waals surface area contributed by atoms with Gasteiger partial charge < -0.3 is 9.68 Å². The van der Waals surface area contributed by atoms with E-state index in [1.807, 2.05) is 5.98 Å². The Labute approximate surface area is 136 Å². The van der Waals surface area contributed by atoms with Crippen molar-refractivity contribution in [2.24, 2.45) is 11.8 Å². The number of hydrogen-bond donors (Lipinski definition) is 1. The highest BCUT2D eigenvalue weighted by Crippen LogP contribution is 2.45. The van der Waals surface area contributed by atoms with E-state index in [9.17, 15) is 9.82 Å². The number of aromatic nitrogens is 1. The van der Waals surface area contributed by atoms with Crippen LogP contribution in [0.1, 0.15) is 49.4 Å². The van der Waals surface area contributed by atoms with Crippen molar-refractivity contribution in [3.8, 4) is 5.75 Å². The van der Waals surface area contributed by atoms with Crippen molar-refractivity contribution in [3.63, 3.8) is 0 Å². The molecule has 3 aliphatic rings. The zero-order valence-corrected chi connectivity index (χ0v) is 13.3. The number of carbonyl (C=O) groups excluding carboxylic acids is 1. The molecule has 5 heteroatoms. The molecule has 0 amide bonds. The number of carbonyl (C=O) groups is 1. The SMILES string of the molecule is CC(=O)C1CCC(C2=CB(O)Oc3cnc4c(c32)C=CC4)CC1. The summed E-state index contributed by atoms with van der Waals surface area (Å²) in [6.45, 7) is 1.70. The predicted octanol–water partition coefficient (Wildman–Crippen LogP) is 2.84. The fourth-order valence-corrected chi connectivity index (χ4v) is 4.12. The molecule has 0 unspecified atom stereocenters. The van der Waals surface area contributed by atoms with Gasteiger partial charge in [-0.15, -0.1) is 0 Å². The van der Waals surface area contributed by atoms with E-state index in [1.54, 1.807) is 13.1 Å². The van der Waals surface area contributed by atoms with Gasteiger partial charge in [-0.1, -0.05) is 12.2 Å². The Kier molecular flexibility index (Phi) is 3.61. The van der Waals surface area contributed by atoms with Crippen LogP contribution in [0.15, 0.2) is 18.2 Å². The minimum Gasteiger partial charge on any atom is -0.531 e. The van der Waals surface area contributed by atoms with Gasteiger partial charge in [-0.05, 0) is 50.1 Å². The fourth-order valence-electron chi connectivity index (χ4n) is 4.12. The lowest BCUT2D eigenvalue weighted by molar-refractivity contribution is -0.121. The van der Waals surface area contributed by atoms with Gasteiger partial charge in [-0.3, -0.25) is 9.78 Å². The Morgan fingerprint density at radius 1 is 1.35 bits per heavy atom. The molecule has 0 atom stereocenters. The van der Waals surface area contributed by atoms with Gasteiger partial charge in [0.1, 0.15) is 11.5 Å². The lowest BCUT2D eigenvalue weighted by atomic mass is 9.70. The standard InChI is InChI=1S/C18H20BNO3/c1-11(21)12-5-7-13(8-6-12)15-9-19(22)23-17-10-20-16-4-2-3-14(16)18(15)17/h2-3,9-10,12-13,22H,4-8H2,1H3. The van der Waals surface area contributed by atoms with Crippen LogP contribution in [0.5, 0.6) is 5.75 Å². The van der Waals surface area contributed by atoms with Crippen LogP contribution in [-0.4, -0.2) is 22.9 Å². The molecule has 1 aliphatic heterocycles. The molecule has 4 rings (SSSR count). The van der Waals surface area contributed by atoms with Gasteiger partial charge in [0.2, 0.25) is 0 Å². The average Bonchev–Trinajstić information content (AvgIpc) is 3.02. The summed E-state index contributed by atoms with van der Waals surface area (Å²) >= 11 is 0. The van der Waals surface area contributed by atoms with Gasteiger partial charge >= 0.3 is 7.12 Å². The summed E-state index contributed by atoms with van der Waals surface area (Å²) in [6, 6.07) is 0. The Morgan fingerprint density at radius 3 is 2.87 bits per heavy atom. The van der Waals surface area contributed by atoms with Crippen LogP contribution in [0.3, 0.4) is 0 Å². The van der Waals surface area contributed by atoms with Crippen molar-refractivity contribution in [1.82, 2.24) is 4.98 Å². The lowest BCUT2D eigenvalue weighted by Gasteiger charge is -2.32. The van der Waals surface area contributed by atoms with Gasteiger partial charge in [0.05, 0.1) is 11.9 Å². The van der Waals surface area contributed by atoms with E-state index in [1.165, 1.54) is 5.57 Å². The fraction of sp³-hybridized carbons (Fsp3) is 0.444. The number of allylic oxidation sites excluding steroid dienone is 2. The van der Waals surface area contributed by atoms with Crippen LogP contribution < -0.4 is 4.65 Å². The van der Waals surface area contributed by atoms with Crippen LogP contribution in [-0.2, 0) is 11.2 Å². The second-order valence-electron chi connectivity index (χ2n) is 6.75. The predicted molar refractivity (Wildman–Crippen MR) is 89.7 cm³/mol. The molecular formula is C18H20BNO3. The molecule has 1 aromatic heterocycles. The first-order chi connectivity index (χ1) is 11.1. The summed E-state index contributed by atoms with van der Waals surface area (Å²) < 4.78 is 5.57. The Morgan fingerprint density at radius 2 is 2.13 bits per heavy atom. The third kappa shape index (κ3) is 2.53. The minimum atomic E-state index is -0.909. The maximum atomic E-state index is 11.6. The van der Waals surface area contributed by atoms with E-state index >= 15 is 0 Å². The number of pyridine rings is 1. The van der Waals surface area contributed by atoms with Gasteiger partial charge in [-0.25, -0.2) is 0 Å². The Bertz CT molecular complexity index is 717. The lowest BCUT2D eigenvalue weighted by Crippen LogP contribution is -2.28. The van der Waals surface area contributed by atoms with E-state index in [2.05, 4.69) is 17.1 Å². The third-order valence-corrected chi connectivity index (χ3v) is 5.36. The number of Topliss-reactive ketones (excluding diaryl/α,β-unsaturated/α-hetero) is 1. The van der Waals surface area contributed by atoms with E-state index in [0.29, 0.717) is 17.5 Å². The van der Waals surface area contributed by atoms with E-state index < -0.39 is 7.12 Å². The molecule has 118 valence electrons. The topological polar surface area (TPSA) is 59.4 Å². The van der Waals surface area contributed by atoms with E-state index in [0.717, 1.165) is 48.9 Å². The van der Waals surface area contributed by atoms with Crippen LogP contribution >= 0.6 is 0 Å². The first-order valence-electron chi connectivity index (χ1n) is 8.39. The Hall–Kier alpha value is -1.88. The zero-order valence-electron chi connectivity index (χ0n) is 13.3. The molecule has 1 aromatic rings. The maximum absolute atomic E-state index is 11.6. The van der Waals surface area contributed by atoms with Gasteiger partial charge in [-0.2, -0.15) is 0 Å². The molecule has 4 nitrogen and oxygen atoms in total. The number of hydrogen-bond acceptors (Lipinski definition) is 4. The van der Waals surface area contributed by atoms with Crippen LogP contribution in [0.4, 0.5) is 0 Å². The zero-order chi connectivity index (χ0) is 16.0. The average molecular weight is 309 g/mol. The molecule has 2 heterocycles. The second kappa shape index (κ2) is 5.64. The smallest absolute Gasteiger partial charge is 0.531 e. The van der Waals surface area contributed by atoms with Crippen molar-refractivity contribution in [2.75, 3.05) is 0 Å². The first kappa shape index (κ1) is 14.7. The molecule has 0 saturated heterocycles. The van der Waals surface area contributed by atoms with Crippen LogP contribution in [0.2, 0.25) is 0 Å². The highest BCUT2D eigenvalue weighted by Gasteiger charge is 2.34. The van der Waals surface area contributed by atoms with Crippen LogP contribution in [0.25, 0.3) is 11.6 Å². The summed E-state index contributed by atoms with van der Waals surface area (Å²) in [4.78, 5) is 16.0. The van der Waals surface area contributed by atoms with Gasteiger partial charge in [0.15, 0.2) is 0 Å². The molecular weight excluding hydrogens is 289 g/mol. The van der Waals surface area contributed by atoms with Gasteiger partial charge in [0, 0.05) is 23.5 Å². The normalized spacial score (nSPS) is 25.5. The molecule has 1 fully saturated rings. The molecule has 1 saturated carbocycles. The maximum Gasteiger partial charge on any atom is 0.552 e. The number of fused-ring (bicyclic) bond motifs is 3. The van der Waals surface area contributed by atoms with Crippen molar-refractivity contribution < 1.29 is 14.5 Å². The quantitative estimate of drug-likeness (QED) is 0.854.